The van der Waals surface area contributed by atoms with Crippen molar-refractivity contribution in [2.45, 2.75) is 6.92 Å². The second-order valence-corrected chi connectivity index (χ2v) is 8.10. The largest absolute Gasteiger partial charge is 0.496 e. The number of hydrogen-bond acceptors (Lipinski definition) is 6. The fourth-order valence-electron chi connectivity index (χ4n) is 3.74. The smallest absolute Gasteiger partial charge is 0.271 e. The molecule has 0 fully saturated rings. The molecule has 1 N–H and O–H groups in total. The van der Waals surface area contributed by atoms with E-state index in [1.165, 1.54) is 38.5 Å². The van der Waals surface area contributed by atoms with E-state index in [2.05, 4.69) is 5.32 Å². The maximum absolute atomic E-state index is 12.8. The number of allylic oxidation sites excluding steroid dienone is 1. The zero-order chi connectivity index (χ0) is 25.1. The number of nitrogens with one attached hydrogen (secondary N) is 1. The van der Waals surface area contributed by atoms with Crippen molar-refractivity contribution >= 4 is 45.4 Å². The molecular weight excluding hydrogens is 472 g/mol. The molecule has 3 aromatic carbocycles. The third kappa shape index (κ3) is 4.97. The van der Waals surface area contributed by atoms with Gasteiger partial charge in [-0.15, -0.1) is 0 Å². The number of fused-ring (bicyclic) bond motifs is 1. The minimum Gasteiger partial charge on any atom is -0.496 e. The van der Waals surface area contributed by atoms with Crippen molar-refractivity contribution in [3.8, 4) is 22.6 Å². The highest BCUT2D eigenvalue weighted by molar-refractivity contribution is 6.30. The van der Waals surface area contributed by atoms with Gasteiger partial charge in [-0.25, -0.2) is 0 Å². The van der Waals surface area contributed by atoms with Gasteiger partial charge in [-0.1, -0.05) is 23.7 Å². The molecule has 0 saturated heterocycles. The van der Waals surface area contributed by atoms with E-state index in [-0.39, 0.29) is 11.4 Å². The van der Waals surface area contributed by atoms with Gasteiger partial charge in [-0.05, 0) is 42.3 Å². The fourth-order valence-corrected chi connectivity index (χ4v) is 3.86. The standard InChI is InChI=1S/C26H21ClN2O6/c1-15(10-26(30)28-22-11-18(29(31)32)8-9-23(22)33-2)19-12-20-21(16-4-6-17(27)7-5-16)14-35-25(20)13-24(19)34-3/h4-14H,1-3H3,(H,28,30)/b15-10+. The van der Waals surface area contributed by atoms with Crippen LogP contribution in [0.5, 0.6) is 11.5 Å². The van der Waals surface area contributed by atoms with Gasteiger partial charge in [0.05, 0.1) is 31.1 Å². The summed E-state index contributed by atoms with van der Waals surface area (Å²) >= 11 is 6.02. The maximum Gasteiger partial charge on any atom is 0.271 e. The average Bonchev–Trinajstić information content (AvgIpc) is 3.26. The van der Waals surface area contributed by atoms with E-state index in [0.717, 1.165) is 16.5 Å². The summed E-state index contributed by atoms with van der Waals surface area (Å²) in [4.78, 5) is 23.4. The lowest BCUT2D eigenvalue weighted by Gasteiger charge is -2.11. The second-order valence-electron chi connectivity index (χ2n) is 7.66. The van der Waals surface area contributed by atoms with Crippen molar-refractivity contribution in [3.63, 3.8) is 0 Å². The topological polar surface area (TPSA) is 104 Å². The SMILES string of the molecule is COc1ccc([N+](=O)[O-])cc1NC(=O)/C=C(\C)c1cc2c(-c3ccc(Cl)cc3)coc2cc1OC. The highest BCUT2D eigenvalue weighted by Crippen LogP contribution is 2.38. The summed E-state index contributed by atoms with van der Waals surface area (Å²) in [5.74, 6) is 0.359. The summed E-state index contributed by atoms with van der Waals surface area (Å²) in [5.41, 5.74) is 3.78. The number of hydrogen-bond donors (Lipinski definition) is 1. The number of non-ortho nitro benzene ring substituents is 1. The fraction of sp³-hybridized carbons (Fsp3) is 0.115. The summed E-state index contributed by atoms with van der Waals surface area (Å²) in [5, 5.41) is 15.2. The van der Waals surface area contributed by atoms with Crippen molar-refractivity contribution in [3.05, 3.63) is 87.6 Å². The number of rotatable bonds is 7. The molecule has 8 nitrogen and oxygen atoms in total. The first-order chi connectivity index (χ1) is 16.8. The maximum atomic E-state index is 12.8. The molecule has 0 aliphatic heterocycles. The molecular formula is C26H21ClN2O6. The number of carbonyl (C=O) groups excluding carboxylic acids is 1. The summed E-state index contributed by atoms with van der Waals surface area (Å²) in [6.07, 6.45) is 3.06. The Morgan fingerprint density at radius 3 is 2.43 bits per heavy atom. The summed E-state index contributed by atoms with van der Waals surface area (Å²) in [7, 11) is 2.95. The van der Waals surface area contributed by atoms with Crippen LogP contribution in [0.3, 0.4) is 0 Å². The van der Waals surface area contributed by atoms with E-state index in [1.54, 1.807) is 31.4 Å². The first kappa shape index (κ1) is 23.8. The predicted octanol–water partition coefficient (Wildman–Crippen LogP) is 6.72. The molecule has 0 radical (unpaired) electrons. The second kappa shape index (κ2) is 9.90. The van der Waals surface area contributed by atoms with Crippen molar-refractivity contribution in [1.29, 1.82) is 0 Å². The number of amides is 1. The van der Waals surface area contributed by atoms with E-state index in [0.29, 0.717) is 33.2 Å². The van der Waals surface area contributed by atoms with Gasteiger partial charge in [0.1, 0.15) is 17.1 Å². The molecule has 0 unspecified atom stereocenters. The molecule has 1 heterocycles. The van der Waals surface area contributed by atoms with Crippen LogP contribution in [0.4, 0.5) is 11.4 Å². The first-order valence-corrected chi connectivity index (χ1v) is 10.9. The third-order valence-corrected chi connectivity index (χ3v) is 5.73. The van der Waals surface area contributed by atoms with Crippen LogP contribution < -0.4 is 14.8 Å². The van der Waals surface area contributed by atoms with E-state index < -0.39 is 10.8 Å². The molecule has 0 saturated carbocycles. The third-order valence-electron chi connectivity index (χ3n) is 5.48. The first-order valence-electron chi connectivity index (χ1n) is 10.5. The summed E-state index contributed by atoms with van der Waals surface area (Å²) < 4.78 is 16.5. The van der Waals surface area contributed by atoms with Gasteiger partial charge in [0.2, 0.25) is 5.91 Å². The Morgan fingerprint density at radius 2 is 1.77 bits per heavy atom. The minimum absolute atomic E-state index is 0.163. The molecule has 4 rings (SSSR count). The molecule has 1 amide bonds. The number of nitro groups is 1. The molecule has 0 atom stereocenters. The quantitative estimate of drug-likeness (QED) is 0.174. The molecule has 0 spiro atoms. The normalized spacial score (nSPS) is 11.4. The molecule has 0 bridgehead atoms. The Hall–Kier alpha value is -4.30. The van der Waals surface area contributed by atoms with Crippen LogP contribution in [0.25, 0.3) is 27.7 Å². The van der Waals surface area contributed by atoms with Crippen LogP contribution in [0, 0.1) is 10.1 Å². The average molecular weight is 493 g/mol. The summed E-state index contributed by atoms with van der Waals surface area (Å²) in [6.45, 7) is 1.77. The molecule has 35 heavy (non-hydrogen) atoms. The van der Waals surface area contributed by atoms with Crippen LogP contribution in [-0.4, -0.2) is 25.1 Å². The predicted molar refractivity (Wildman–Crippen MR) is 135 cm³/mol. The molecule has 0 aliphatic carbocycles. The van der Waals surface area contributed by atoms with E-state index >= 15 is 0 Å². The van der Waals surface area contributed by atoms with E-state index in [4.69, 9.17) is 25.5 Å². The Labute approximate surface area is 205 Å². The highest BCUT2D eigenvalue weighted by atomic mass is 35.5. The number of furan rings is 1. The monoisotopic (exact) mass is 492 g/mol. The van der Waals surface area contributed by atoms with Crippen LogP contribution in [0.15, 0.2) is 71.4 Å². The van der Waals surface area contributed by atoms with Gasteiger partial charge < -0.3 is 19.2 Å². The number of anilines is 1. The lowest BCUT2D eigenvalue weighted by molar-refractivity contribution is -0.384. The zero-order valence-corrected chi connectivity index (χ0v) is 19.9. The van der Waals surface area contributed by atoms with Gasteiger partial charge in [-0.2, -0.15) is 0 Å². The van der Waals surface area contributed by atoms with Crippen molar-refractivity contribution in [2.24, 2.45) is 0 Å². The minimum atomic E-state index is -0.542. The van der Waals surface area contributed by atoms with Crippen LogP contribution in [0.2, 0.25) is 5.02 Å². The van der Waals surface area contributed by atoms with Gasteiger partial charge in [0.15, 0.2) is 0 Å². The number of methoxy groups -OCH3 is 2. The lowest BCUT2D eigenvalue weighted by atomic mass is 9.99. The van der Waals surface area contributed by atoms with E-state index in [1.807, 2.05) is 18.2 Å². The number of nitro benzene ring substituents is 1. The highest BCUT2D eigenvalue weighted by Gasteiger charge is 2.16. The molecule has 9 heteroatoms. The Kier molecular flexibility index (Phi) is 6.75. The zero-order valence-electron chi connectivity index (χ0n) is 19.1. The van der Waals surface area contributed by atoms with Gasteiger partial charge in [0.25, 0.3) is 5.69 Å². The van der Waals surface area contributed by atoms with Crippen molar-refractivity contribution < 1.29 is 23.6 Å². The van der Waals surface area contributed by atoms with Gasteiger partial charge in [0, 0.05) is 45.8 Å². The van der Waals surface area contributed by atoms with E-state index in [9.17, 15) is 14.9 Å². The number of nitrogens with zero attached hydrogens (tertiary/aromatic N) is 1. The number of benzene rings is 3. The van der Waals surface area contributed by atoms with Crippen LogP contribution >= 0.6 is 11.6 Å². The number of carbonyl (C=O) groups is 1. The lowest BCUT2D eigenvalue weighted by Crippen LogP contribution is -2.10. The van der Waals surface area contributed by atoms with Crippen LogP contribution in [0.1, 0.15) is 12.5 Å². The van der Waals surface area contributed by atoms with Crippen LogP contribution in [-0.2, 0) is 4.79 Å². The number of halogens is 1. The number of ether oxygens (including phenoxy) is 2. The summed E-state index contributed by atoms with van der Waals surface area (Å²) in [6, 6.07) is 15.1. The van der Waals surface area contributed by atoms with Crippen molar-refractivity contribution in [1.82, 2.24) is 0 Å². The molecule has 4 aromatic rings. The Bertz CT molecular complexity index is 1460. The Morgan fingerprint density at radius 1 is 1.06 bits per heavy atom. The molecule has 0 aliphatic rings. The van der Waals surface area contributed by atoms with Gasteiger partial charge in [-0.3, -0.25) is 14.9 Å². The Balaban J connectivity index is 1.70. The van der Waals surface area contributed by atoms with Gasteiger partial charge >= 0.3 is 0 Å². The van der Waals surface area contributed by atoms with Crippen molar-refractivity contribution in [2.75, 3.05) is 19.5 Å². The molecule has 1 aromatic heterocycles. The molecule has 178 valence electrons.